The molecule has 8 atom stereocenters. The van der Waals surface area contributed by atoms with E-state index < -0.39 is 68.4 Å². The lowest BCUT2D eigenvalue weighted by molar-refractivity contribution is -0.315. The largest absolute Gasteiger partial charge is 0.457 e. The van der Waals surface area contributed by atoms with Crippen molar-refractivity contribution in [1.29, 1.82) is 0 Å². The second-order valence-electron chi connectivity index (χ2n) is 9.69. The Hall–Kier alpha value is -1.91. The third-order valence-electron chi connectivity index (χ3n) is 6.68. The van der Waals surface area contributed by atoms with Gasteiger partial charge < -0.3 is 44.5 Å². The summed E-state index contributed by atoms with van der Waals surface area (Å²) in [5, 5.41) is 63.7. The summed E-state index contributed by atoms with van der Waals surface area (Å²) < 4.78 is 22.1. The fourth-order valence-corrected chi connectivity index (χ4v) is 4.61. The van der Waals surface area contributed by atoms with Gasteiger partial charge in [0.2, 0.25) is 0 Å². The summed E-state index contributed by atoms with van der Waals surface area (Å²) in [5.74, 6) is -0.749. The van der Waals surface area contributed by atoms with Gasteiger partial charge in [-0.3, -0.25) is 14.8 Å². The molecule has 0 radical (unpaired) electrons. The van der Waals surface area contributed by atoms with E-state index in [1.807, 2.05) is 10.0 Å². The molecule has 0 amide bonds. The number of hydrogen-bond acceptors (Lipinski definition) is 14. The van der Waals surface area contributed by atoms with E-state index >= 15 is 0 Å². The number of aliphatic hydroxyl groups excluding tert-OH is 5. The Bertz CT molecular complexity index is 762. The van der Waals surface area contributed by atoms with E-state index in [1.54, 1.807) is 0 Å². The van der Waals surface area contributed by atoms with E-state index in [-0.39, 0.29) is 0 Å². The first kappa shape index (κ1) is 30.6. The Labute approximate surface area is 222 Å². The number of hydrogen-bond donors (Lipinski definition) is 5. The lowest BCUT2D eigenvalue weighted by atomic mass is 9.99. The van der Waals surface area contributed by atoms with Gasteiger partial charge in [0.1, 0.15) is 30.5 Å². The molecule has 38 heavy (non-hydrogen) atoms. The molecule has 0 aromatic rings. The van der Waals surface area contributed by atoms with Crippen molar-refractivity contribution >= 4 is 18.4 Å². The molecule has 3 saturated heterocycles. The van der Waals surface area contributed by atoms with Crippen LogP contribution in [0.1, 0.15) is 45.4 Å². The van der Waals surface area contributed by atoms with Crippen LogP contribution in [0.5, 0.6) is 0 Å². The lowest BCUT2D eigenvalue weighted by Gasteiger charge is -2.42. The van der Waals surface area contributed by atoms with E-state index in [1.165, 1.54) is 12.4 Å². The number of ether oxygens (including phenoxy) is 4. The van der Waals surface area contributed by atoms with Crippen molar-refractivity contribution in [2.24, 2.45) is 10.2 Å². The van der Waals surface area contributed by atoms with E-state index in [2.05, 4.69) is 10.2 Å². The maximum absolute atomic E-state index is 11.5. The molecule has 0 bridgehead atoms. The molecular weight excluding hydrogens is 504 g/mol. The van der Waals surface area contributed by atoms with Gasteiger partial charge in [-0.15, -0.1) is 0 Å². The minimum absolute atomic E-state index is 0.590. The van der Waals surface area contributed by atoms with E-state index in [9.17, 15) is 30.3 Å². The highest BCUT2D eigenvalue weighted by molar-refractivity contribution is 5.66. The minimum Gasteiger partial charge on any atom is -0.457 e. The maximum atomic E-state index is 11.5. The van der Waals surface area contributed by atoms with Gasteiger partial charge in [0.05, 0.1) is 25.6 Å². The Morgan fingerprint density at radius 1 is 0.974 bits per heavy atom. The van der Waals surface area contributed by atoms with Crippen molar-refractivity contribution in [2.45, 2.75) is 94.7 Å². The van der Waals surface area contributed by atoms with Crippen molar-refractivity contribution in [3.05, 3.63) is 0 Å². The second-order valence-corrected chi connectivity index (χ2v) is 9.69. The minimum atomic E-state index is -1.63. The number of nitrogens with zero attached hydrogens (tertiary/aromatic N) is 4. The van der Waals surface area contributed by atoms with Crippen molar-refractivity contribution in [3.63, 3.8) is 0 Å². The summed E-state index contributed by atoms with van der Waals surface area (Å²) in [6.45, 7) is 2.91. The first-order valence-corrected chi connectivity index (χ1v) is 13.3. The highest BCUT2D eigenvalue weighted by Crippen LogP contribution is 2.26. The third-order valence-corrected chi connectivity index (χ3v) is 6.68. The number of esters is 1. The fraction of sp³-hybridized carbons (Fsp3) is 0.875. The molecule has 218 valence electrons. The number of hydrazone groups is 2. The predicted octanol–water partition coefficient (Wildman–Crippen LogP) is -1.62. The van der Waals surface area contributed by atoms with Gasteiger partial charge in [-0.1, -0.05) is 0 Å². The summed E-state index contributed by atoms with van der Waals surface area (Å²) in [7, 11) is 0. The topological polar surface area (TPSA) is 186 Å². The highest BCUT2D eigenvalue weighted by atomic mass is 16.7. The fourth-order valence-electron chi connectivity index (χ4n) is 4.61. The Morgan fingerprint density at radius 3 is 2.08 bits per heavy atom. The highest BCUT2D eigenvalue weighted by Gasteiger charge is 2.48. The van der Waals surface area contributed by atoms with Crippen LogP contribution in [0.25, 0.3) is 0 Å². The van der Waals surface area contributed by atoms with Gasteiger partial charge in [-0.2, -0.15) is 10.2 Å². The second kappa shape index (κ2) is 15.6. The van der Waals surface area contributed by atoms with Crippen LogP contribution in [0.15, 0.2) is 10.2 Å². The number of aliphatic hydroxyl groups is 5. The first-order valence-electron chi connectivity index (χ1n) is 13.3. The number of rotatable bonds is 12. The molecule has 14 nitrogen and oxygen atoms in total. The molecular formula is C24H42N4O10. The maximum Gasteiger partial charge on any atom is 0.303 e. The molecule has 8 unspecified atom stereocenters. The Kier molecular flexibility index (Phi) is 12.6. The molecule has 3 aliphatic heterocycles. The number of carbonyl (C=O) groups is 1. The van der Waals surface area contributed by atoms with Crippen molar-refractivity contribution in [3.8, 4) is 0 Å². The van der Waals surface area contributed by atoms with Crippen LogP contribution in [-0.4, -0.2) is 143 Å². The quantitative estimate of drug-likeness (QED) is 0.107. The van der Waals surface area contributed by atoms with Crippen LogP contribution < -0.4 is 0 Å². The molecule has 3 rings (SSSR count). The zero-order chi connectivity index (χ0) is 27.5. The molecule has 0 spiro atoms. The molecule has 14 heteroatoms. The van der Waals surface area contributed by atoms with Crippen molar-refractivity contribution < 1.29 is 49.3 Å². The Balaban J connectivity index is 1.75. The molecule has 5 N–H and O–H groups in total. The van der Waals surface area contributed by atoms with Crippen LogP contribution >= 0.6 is 0 Å². The number of carbonyl (C=O) groups excluding carboxylic acids is 1. The summed E-state index contributed by atoms with van der Waals surface area (Å²) in [6.07, 6.45) is -2.24. The lowest BCUT2D eigenvalue weighted by Crippen LogP contribution is -2.61. The van der Waals surface area contributed by atoms with Gasteiger partial charge in [0, 0.05) is 33.1 Å². The van der Waals surface area contributed by atoms with E-state index in [0.29, 0.717) is 0 Å². The number of piperidine rings is 2. The molecule has 3 aliphatic rings. The molecule has 3 fully saturated rings. The van der Waals surface area contributed by atoms with Crippen LogP contribution in [0.3, 0.4) is 0 Å². The zero-order valence-electron chi connectivity index (χ0n) is 21.8. The van der Waals surface area contributed by atoms with Gasteiger partial charge in [-0.05, 0) is 38.5 Å². The van der Waals surface area contributed by atoms with Gasteiger partial charge in [0.25, 0.3) is 0 Å². The summed E-state index contributed by atoms with van der Waals surface area (Å²) >= 11 is 0. The smallest absolute Gasteiger partial charge is 0.303 e. The zero-order valence-corrected chi connectivity index (χ0v) is 21.8. The average molecular weight is 547 g/mol. The third kappa shape index (κ3) is 9.09. The van der Waals surface area contributed by atoms with E-state index in [0.717, 1.165) is 71.6 Å². The van der Waals surface area contributed by atoms with E-state index in [4.69, 9.17) is 18.9 Å². The Morgan fingerprint density at radius 2 is 1.55 bits per heavy atom. The average Bonchev–Trinajstić information content (AvgIpc) is 2.93. The monoisotopic (exact) mass is 546 g/mol. The van der Waals surface area contributed by atoms with Gasteiger partial charge in [-0.25, -0.2) is 0 Å². The standard InChI is InChI=1S/C24H42N4O10/c1-16(31)35-23-21(33)19(15-30)38-24(22(23)34)37-17(12-25-27-8-4-2-5-9-27)18(14-29)36-20(32)13-26-28-10-6-3-7-11-28/h12-13,17-24,29-30,32-34H,2-11,14-15H2,1H3. The van der Waals surface area contributed by atoms with Crippen molar-refractivity contribution in [1.82, 2.24) is 10.0 Å². The summed E-state index contributed by atoms with van der Waals surface area (Å²) in [5.41, 5.74) is 0. The van der Waals surface area contributed by atoms with Gasteiger partial charge >= 0.3 is 5.97 Å². The SMILES string of the molecule is CC(=O)OC1C(O)C(CO)OC(OC(C=NN2CCCCC2)C(CO)OC(O)C=NN2CCCCC2)C1O. The first-order chi connectivity index (χ1) is 18.3. The predicted molar refractivity (Wildman–Crippen MR) is 134 cm³/mol. The summed E-state index contributed by atoms with van der Waals surface area (Å²) in [4.78, 5) is 11.5. The summed E-state index contributed by atoms with van der Waals surface area (Å²) in [6, 6.07) is 0. The van der Waals surface area contributed by atoms with Crippen molar-refractivity contribution in [2.75, 3.05) is 39.4 Å². The molecule has 0 aromatic carbocycles. The molecule has 0 aliphatic carbocycles. The van der Waals surface area contributed by atoms with Crippen LogP contribution in [0.2, 0.25) is 0 Å². The molecule has 0 aromatic heterocycles. The van der Waals surface area contributed by atoms with Crippen LogP contribution in [0, 0.1) is 0 Å². The van der Waals surface area contributed by atoms with Crippen LogP contribution in [0.4, 0.5) is 0 Å². The van der Waals surface area contributed by atoms with Crippen LogP contribution in [-0.2, 0) is 23.7 Å². The molecule has 0 saturated carbocycles. The normalized spacial score (nSPS) is 31.5. The van der Waals surface area contributed by atoms with Gasteiger partial charge in [0.15, 0.2) is 18.7 Å². The molecule has 3 heterocycles.